The standard InChI is InChI=1S/C18H20F2N6O/c1-11(12-5-6-13(19)14(20)10-12)23-18(21-2)22-8-7-16-24-17(26-25-16)15-4-3-9-27-15/h3-6,9-11H,7-8H2,1-2H3,(H2,21,22,23)(H,24,25,26). The first-order chi connectivity index (χ1) is 13.1. The van der Waals surface area contributed by atoms with Gasteiger partial charge in [0.05, 0.1) is 12.3 Å². The maximum atomic E-state index is 13.4. The number of rotatable bonds is 6. The van der Waals surface area contributed by atoms with Crippen LogP contribution in [0.4, 0.5) is 8.78 Å². The maximum Gasteiger partial charge on any atom is 0.216 e. The van der Waals surface area contributed by atoms with E-state index in [9.17, 15) is 8.78 Å². The SMILES string of the molecule is CN=C(NCCc1nc(-c2ccco2)n[nH]1)NC(C)c1ccc(F)c(F)c1. The van der Waals surface area contributed by atoms with Gasteiger partial charge in [-0.1, -0.05) is 6.07 Å². The van der Waals surface area contributed by atoms with Crippen LogP contribution in [0.5, 0.6) is 0 Å². The Balaban J connectivity index is 1.51. The second kappa shape index (κ2) is 8.43. The molecule has 0 spiro atoms. The summed E-state index contributed by atoms with van der Waals surface area (Å²) in [7, 11) is 1.64. The molecule has 0 amide bonds. The van der Waals surface area contributed by atoms with Crippen LogP contribution in [0.1, 0.15) is 24.4 Å². The summed E-state index contributed by atoms with van der Waals surface area (Å²) in [5.74, 6) is 0.611. The van der Waals surface area contributed by atoms with Gasteiger partial charge >= 0.3 is 0 Å². The molecular weight excluding hydrogens is 354 g/mol. The number of hydrogen-bond donors (Lipinski definition) is 3. The second-order valence-corrected chi connectivity index (χ2v) is 5.87. The number of hydrogen-bond acceptors (Lipinski definition) is 4. The van der Waals surface area contributed by atoms with E-state index in [1.807, 2.05) is 6.92 Å². The molecule has 2 aromatic heterocycles. The number of aromatic amines is 1. The van der Waals surface area contributed by atoms with Crippen LogP contribution < -0.4 is 10.6 Å². The minimum Gasteiger partial charge on any atom is -0.461 e. The third kappa shape index (κ3) is 4.69. The first-order valence-corrected chi connectivity index (χ1v) is 8.44. The molecule has 0 bridgehead atoms. The van der Waals surface area contributed by atoms with Gasteiger partial charge in [-0.05, 0) is 36.8 Å². The van der Waals surface area contributed by atoms with Gasteiger partial charge in [0.1, 0.15) is 5.82 Å². The van der Waals surface area contributed by atoms with Crippen molar-refractivity contribution in [1.29, 1.82) is 0 Å². The molecule has 1 unspecified atom stereocenters. The van der Waals surface area contributed by atoms with Crippen molar-refractivity contribution in [3.05, 3.63) is 59.6 Å². The number of nitrogens with one attached hydrogen (secondary N) is 3. The molecule has 0 radical (unpaired) electrons. The first-order valence-electron chi connectivity index (χ1n) is 8.44. The van der Waals surface area contributed by atoms with Gasteiger partial charge in [-0.25, -0.2) is 13.8 Å². The number of furan rings is 1. The van der Waals surface area contributed by atoms with Gasteiger partial charge in [0.15, 0.2) is 23.4 Å². The van der Waals surface area contributed by atoms with Crippen molar-refractivity contribution in [2.24, 2.45) is 4.99 Å². The molecule has 2 heterocycles. The molecule has 0 aliphatic carbocycles. The Labute approximate surface area is 154 Å². The van der Waals surface area contributed by atoms with E-state index >= 15 is 0 Å². The van der Waals surface area contributed by atoms with Crippen molar-refractivity contribution >= 4 is 5.96 Å². The normalized spacial score (nSPS) is 12.8. The van der Waals surface area contributed by atoms with Gasteiger partial charge < -0.3 is 15.1 Å². The van der Waals surface area contributed by atoms with E-state index in [1.165, 1.54) is 12.1 Å². The molecule has 1 aromatic carbocycles. The van der Waals surface area contributed by atoms with Gasteiger partial charge in [0.2, 0.25) is 5.82 Å². The number of halogens is 2. The van der Waals surface area contributed by atoms with Crippen molar-refractivity contribution in [2.75, 3.05) is 13.6 Å². The van der Waals surface area contributed by atoms with Crippen LogP contribution >= 0.6 is 0 Å². The number of aliphatic imine (C=N–C) groups is 1. The molecule has 3 aromatic rings. The van der Waals surface area contributed by atoms with E-state index < -0.39 is 11.6 Å². The Morgan fingerprint density at radius 3 is 2.85 bits per heavy atom. The molecule has 7 nitrogen and oxygen atoms in total. The van der Waals surface area contributed by atoms with E-state index in [-0.39, 0.29) is 6.04 Å². The van der Waals surface area contributed by atoms with Crippen LogP contribution in [0.3, 0.4) is 0 Å². The molecule has 27 heavy (non-hydrogen) atoms. The van der Waals surface area contributed by atoms with Crippen molar-refractivity contribution in [3.8, 4) is 11.6 Å². The Kier molecular flexibility index (Phi) is 5.80. The summed E-state index contributed by atoms with van der Waals surface area (Å²) < 4.78 is 31.7. The van der Waals surface area contributed by atoms with E-state index in [2.05, 4.69) is 30.8 Å². The summed E-state index contributed by atoms with van der Waals surface area (Å²) in [5.41, 5.74) is 0.621. The fourth-order valence-electron chi connectivity index (χ4n) is 2.49. The van der Waals surface area contributed by atoms with E-state index in [0.29, 0.717) is 41.9 Å². The molecule has 142 valence electrons. The average molecular weight is 374 g/mol. The quantitative estimate of drug-likeness (QED) is 0.456. The topological polar surface area (TPSA) is 91.1 Å². The predicted octanol–water partition coefficient (Wildman–Crippen LogP) is 2.81. The van der Waals surface area contributed by atoms with Crippen LogP contribution in [0, 0.1) is 11.6 Å². The lowest BCUT2D eigenvalue weighted by Crippen LogP contribution is -2.39. The van der Waals surface area contributed by atoms with Crippen molar-refractivity contribution in [2.45, 2.75) is 19.4 Å². The Bertz CT molecular complexity index is 906. The maximum absolute atomic E-state index is 13.4. The largest absolute Gasteiger partial charge is 0.461 e. The molecule has 0 aliphatic heterocycles. The third-order valence-electron chi connectivity index (χ3n) is 3.95. The highest BCUT2D eigenvalue weighted by Crippen LogP contribution is 2.16. The Hall–Kier alpha value is -3.23. The number of benzene rings is 1. The molecular formula is C18H20F2N6O. The van der Waals surface area contributed by atoms with E-state index in [1.54, 1.807) is 25.4 Å². The van der Waals surface area contributed by atoms with Crippen LogP contribution in [-0.2, 0) is 6.42 Å². The van der Waals surface area contributed by atoms with Gasteiger partial charge in [0.25, 0.3) is 0 Å². The van der Waals surface area contributed by atoms with Gasteiger partial charge in [-0.15, -0.1) is 0 Å². The lowest BCUT2D eigenvalue weighted by molar-refractivity contribution is 0.504. The predicted molar refractivity (Wildman–Crippen MR) is 97.1 cm³/mol. The lowest BCUT2D eigenvalue weighted by atomic mass is 10.1. The highest BCUT2D eigenvalue weighted by atomic mass is 19.2. The smallest absolute Gasteiger partial charge is 0.216 e. The summed E-state index contributed by atoms with van der Waals surface area (Å²) >= 11 is 0. The monoisotopic (exact) mass is 374 g/mol. The van der Waals surface area contributed by atoms with Crippen molar-refractivity contribution < 1.29 is 13.2 Å². The van der Waals surface area contributed by atoms with Crippen molar-refractivity contribution in [3.63, 3.8) is 0 Å². The van der Waals surface area contributed by atoms with Gasteiger partial charge in [0, 0.05) is 20.0 Å². The minimum atomic E-state index is -0.873. The molecule has 0 saturated carbocycles. The Morgan fingerprint density at radius 1 is 1.30 bits per heavy atom. The number of nitrogens with zero attached hydrogens (tertiary/aromatic N) is 3. The molecule has 0 fully saturated rings. The summed E-state index contributed by atoms with van der Waals surface area (Å²) in [5, 5.41) is 13.3. The first kappa shape index (κ1) is 18.6. The van der Waals surface area contributed by atoms with E-state index in [4.69, 9.17) is 4.42 Å². The zero-order valence-electron chi connectivity index (χ0n) is 15.0. The molecule has 3 N–H and O–H groups in total. The van der Waals surface area contributed by atoms with Crippen LogP contribution in [0.15, 0.2) is 46.0 Å². The number of aromatic nitrogens is 3. The highest BCUT2D eigenvalue weighted by molar-refractivity contribution is 5.80. The minimum absolute atomic E-state index is 0.248. The summed E-state index contributed by atoms with van der Waals surface area (Å²) in [6.07, 6.45) is 2.16. The van der Waals surface area contributed by atoms with Gasteiger partial charge in [-0.3, -0.25) is 10.1 Å². The average Bonchev–Trinajstić information content (AvgIpc) is 3.34. The molecule has 9 heteroatoms. The molecule has 0 saturated heterocycles. The van der Waals surface area contributed by atoms with Gasteiger partial charge in [-0.2, -0.15) is 5.10 Å². The fraction of sp³-hybridized carbons (Fsp3) is 0.278. The molecule has 1 atom stereocenters. The van der Waals surface area contributed by atoms with Crippen molar-refractivity contribution in [1.82, 2.24) is 25.8 Å². The second-order valence-electron chi connectivity index (χ2n) is 5.87. The molecule has 3 rings (SSSR count). The number of guanidine groups is 1. The lowest BCUT2D eigenvalue weighted by Gasteiger charge is -2.18. The van der Waals surface area contributed by atoms with E-state index in [0.717, 1.165) is 6.07 Å². The summed E-state index contributed by atoms with van der Waals surface area (Å²) in [4.78, 5) is 8.50. The molecule has 0 aliphatic rings. The summed E-state index contributed by atoms with van der Waals surface area (Å²) in [6, 6.07) is 7.13. The van der Waals surface area contributed by atoms with Crippen LogP contribution in [-0.4, -0.2) is 34.7 Å². The van der Waals surface area contributed by atoms with Crippen LogP contribution in [0.25, 0.3) is 11.6 Å². The van der Waals surface area contributed by atoms with Crippen LogP contribution in [0.2, 0.25) is 0 Å². The Morgan fingerprint density at radius 2 is 2.15 bits per heavy atom. The zero-order chi connectivity index (χ0) is 19.2. The third-order valence-corrected chi connectivity index (χ3v) is 3.95. The fourth-order valence-corrected chi connectivity index (χ4v) is 2.49. The zero-order valence-corrected chi connectivity index (χ0v) is 15.0. The number of H-pyrrole nitrogens is 1. The highest BCUT2D eigenvalue weighted by Gasteiger charge is 2.12. The summed E-state index contributed by atoms with van der Waals surface area (Å²) in [6.45, 7) is 2.39.